The van der Waals surface area contributed by atoms with Crippen LogP contribution in [0.4, 0.5) is 5.82 Å². The van der Waals surface area contributed by atoms with E-state index >= 15 is 0 Å². The van der Waals surface area contributed by atoms with Crippen molar-refractivity contribution in [3.63, 3.8) is 0 Å². The van der Waals surface area contributed by atoms with Crippen LogP contribution in [0.1, 0.15) is 11.3 Å². The average molecular weight is 279 g/mol. The molecule has 0 amide bonds. The molecule has 0 atom stereocenters. The van der Waals surface area contributed by atoms with Gasteiger partial charge in [-0.1, -0.05) is 5.92 Å². The highest BCUT2D eigenvalue weighted by atomic mass is 16.5. The second kappa shape index (κ2) is 5.51. The fraction of sp³-hybridized carbons (Fsp3) is 0.133. The Kier molecular flexibility index (Phi) is 3.39. The minimum absolute atomic E-state index is 0.518. The highest BCUT2D eigenvalue weighted by Crippen LogP contribution is 2.10. The zero-order chi connectivity index (χ0) is 14.7. The fourth-order valence-corrected chi connectivity index (χ4v) is 1.83. The molecule has 0 spiro atoms. The molecule has 0 radical (unpaired) electrons. The molecule has 0 saturated heterocycles. The number of methoxy groups -OCH3 is 1. The second-order valence-electron chi connectivity index (χ2n) is 4.22. The molecule has 3 aromatic heterocycles. The molecule has 0 aliphatic carbocycles. The zero-order valence-electron chi connectivity index (χ0n) is 11.7. The third-order valence-corrected chi connectivity index (χ3v) is 2.90. The maximum Gasteiger partial charge on any atom is 0.231 e. The van der Waals surface area contributed by atoms with Crippen LogP contribution in [0.25, 0.3) is 5.65 Å². The monoisotopic (exact) mass is 279 g/mol. The van der Waals surface area contributed by atoms with Gasteiger partial charge in [0.2, 0.25) is 5.88 Å². The van der Waals surface area contributed by atoms with Gasteiger partial charge in [0.15, 0.2) is 5.65 Å². The largest absolute Gasteiger partial charge is 0.480 e. The number of nitrogens with one attached hydrogen (secondary N) is 1. The Hall–Kier alpha value is -3.07. The molecular formula is C15H13N5O. The van der Waals surface area contributed by atoms with E-state index in [0.717, 1.165) is 17.0 Å². The summed E-state index contributed by atoms with van der Waals surface area (Å²) in [4.78, 5) is 8.41. The number of pyridine rings is 1. The van der Waals surface area contributed by atoms with Crippen molar-refractivity contribution in [1.82, 2.24) is 19.6 Å². The van der Waals surface area contributed by atoms with E-state index in [1.165, 1.54) is 0 Å². The van der Waals surface area contributed by atoms with Crippen LogP contribution in [0, 0.1) is 11.8 Å². The predicted octanol–water partition coefficient (Wildman–Crippen LogP) is 1.57. The molecule has 1 N–H and O–H groups in total. The van der Waals surface area contributed by atoms with Crippen LogP contribution >= 0.6 is 0 Å². The van der Waals surface area contributed by atoms with Gasteiger partial charge in [-0.05, 0) is 24.1 Å². The molecule has 3 heterocycles. The van der Waals surface area contributed by atoms with Gasteiger partial charge in [0.25, 0.3) is 0 Å². The van der Waals surface area contributed by atoms with Crippen molar-refractivity contribution in [2.75, 3.05) is 19.5 Å². The van der Waals surface area contributed by atoms with Crippen LogP contribution < -0.4 is 10.1 Å². The number of nitrogens with zero attached hydrogens (tertiary/aromatic N) is 4. The number of hydrogen-bond acceptors (Lipinski definition) is 5. The highest BCUT2D eigenvalue weighted by Gasteiger charge is 2.03. The summed E-state index contributed by atoms with van der Waals surface area (Å²) in [6, 6.07) is 7.33. The quantitative estimate of drug-likeness (QED) is 0.721. The maximum atomic E-state index is 5.12. The van der Waals surface area contributed by atoms with Crippen molar-refractivity contribution >= 4 is 11.5 Å². The molecule has 0 aliphatic heterocycles. The minimum atomic E-state index is 0.518. The van der Waals surface area contributed by atoms with Crippen LogP contribution in [-0.4, -0.2) is 33.7 Å². The molecule has 0 bridgehead atoms. The Morgan fingerprint density at radius 3 is 2.90 bits per heavy atom. The molecule has 0 fully saturated rings. The SMILES string of the molecule is CNc1cc(C#Cc2cnc3ccc(OC)nn23)ccn1. The molecule has 0 unspecified atom stereocenters. The zero-order valence-corrected chi connectivity index (χ0v) is 11.7. The van der Waals surface area contributed by atoms with Crippen LogP contribution in [0.3, 0.4) is 0 Å². The second-order valence-corrected chi connectivity index (χ2v) is 4.22. The van der Waals surface area contributed by atoms with E-state index in [9.17, 15) is 0 Å². The maximum absolute atomic E-state index is 5.12. The fourth-order valence-electron chi connectivity index (χ4n) is 1.83. The van der Waals surface area contributed by atoms with Crippen LogP contribution in [-0.2, 0) is 0 Å². The summed E-state index contributed by atoms with van der Waals surface area (Å²) >= 11 is 0. The molecule has 6 nitrogen and oxygen atoms in total. The third kappa shape index (κ3) is 2.62. The Labute approximate surface area is 121 Å². The summed E-state index contributed by atoms with van der Waals surface area (Å²) in [7, 11) is 3.40. The smallest absolute Gasteiger partial charge is 0.231 e. The van der Waals surface area contributed by atoms with Crippen molar-refractivity contribution in [2.24, 2.45) is 0 Å². The van der Waals surface area contributed by atoms with Crippen LogP contribution in [0.15, 0.2) is 36.7 Å². The number of rotatable bonds is 2. The first-order valence-electron chi connectivity index (χ1n) is 6.35. The summed E-state index contributed by atoms with van der Waals surface area (Å²) in [6.45, 7) is 0. The molecular weight excluding hydrogens is 266 g/mol. The van der Waals surface area contributed by atoms with E-state index in [0.29, 0.717) is 11.6 Å². The lowest BCUT2D eigenvalue weighted by atomic mass is 10.2. The topological polar surface area (TPSA) is 64.3 Å². The molecule has 0 saturated carbocycles. The van der Waals surface area contributed by atoms with Gasteiger partial charge in [-0.15, -0.1) is 5.10 Å². The molecule has 104 valence electrons. The van der Waals surface area contributed by atoms with E-state index in [4.69, 9.17) is 4.74 Å². The van der Waals surface area contributed by atoms with Crippen molar-refractivity contribution in [1.29, 1.82) is 0 Å². The molecule has 0 aromatic carbocycles. The van der Waals surface area contributed by atoms with Crippen molar-refractivity contribution < 1.29 is 4.74 Å². The lowest BCUT2D eigenvalue weighted by Gasteiger charge is -1.99. The van der Waals surface area contributed by atoms with E-state index in [-0.39, 0.29) is 0 Å². The van der Waals surface area contributed by atoms with E-state index in [1.54, 1.807) is 30.1 Å². The number of anilines is 1. The van der Waals surface area contributed by atoms with Gasteiger partial charge in [-0.25, -0.2) is 14.5 Å². The van der Waals surface area contributed by atoms with Gasteiger partial charge < -0.3 is 10.1 Å². The highest BCUT2D eigenvalue weighted by molar-refractivity contribution is 5.49. The first kappa shape index (κ1) is 12.9. The summed E-state index contributed by atoms with van der Waals surface area (Å²) < 4.78 is 6.77. The number of hydrogen-bond donors (Lipinski definition) is 1. The van der Waals surface area contributed by atoms with Gasteiger partial charge >= 0.3 is 0 Å². The van der Waals surface area contributed by atoms with E-state index < -0.39 is 0 Å². The summed E-state index contributed by atoms with van der Waals surface area (Å²) in [5.74, 6) is 7.44. The van der Waals surface area contributed by atoms with Gasteiger partial charge in [0.1, 0.15) is 11.5 Å². The summed E-state index contributed by atoms with van der Waals surface area (Å²) in [5, 5.41) is 7.28. The third-order valence-electron chi connectivity index (χ3n) is 2.90. The standard InChI is InChI=1S/C15H13N5O/c1-16-13-9-11(7-8-17-13)3-4-12-10-18-14-5-6-15(21-2)19-20(12)14/h5-10H,1-2H3,(H,16,17). The number of aromatic nitrogens is 4. The van der Waals surface area contributed by atoms with Crippen molar-refractivity contribution in [2.45, 2.75) is 0 Å². The number of ether oxygens (including phenoxy) is 1. The van der Waals surface area contributed by atoms with Crippen molar-refractivity contribution in [3.05, 3.63) is 47.9 Å². The van der Waals surface area contributed by atoms with Crippen LogP contribution in [0.2, 0.25) is 0 Å². The number of fused-ring (bicyclic) bond motifs is 1. The Morgan fingerprint density at radius 2 is 2.10 bits per heavy atom. The average Bonchev–Trinajstić information content (AvgIpc) is 2.95. The Balaban J connectivity index is 2.00. The summed E-state index contributed by atoms with van der Waals surface area (Å²) in [6.07, 6.45) is 3.40. The normalized spacial score (nSPS) is 10.0. The van der Waals surface area contributed by atoms with E-state index in [1.807, 2.05) is 25.2 Å². The van der Waals surface area contributed by atoms with E-state index in [2.05, 4.69) is 32.2 Å². The first-order valence-corrected chi connectivity index (χ1v) is 6.35. The van der Waals surface area contributed by atoms with Gasteiger partial charge in [0.05, 0.1) is 13.3 Å². The molecule has 21 heavy (non-hydrogen) atoms. The first-order chi connectivity index (χ1) is 10.3. The molecule has 0 aliphatic rings. The Morgan fingerprint density at radius 1 is 1.19 bits per heavy atom. The van der Waals surface area contributed by atoms with Gasteiger partial charge in [0, 0.05) is 24.9 Å². The Bertz CT molecular complexity index is 844. The summed E-state index contributed by atoms with van der Waals surface area (Å²) in [5.41, 5.74) is 2.30. The lowest BCUT2D eigenvalue weighted by Crippen LogP contribution is -1.97. The van der Waals surface area contributed by atoms with Crippen molar-refractivity contribution in [3.8, 4) is 17.7 Å². The lowest BCUT2D eigenvalue weighted by molar-refractivity contribution is 0.390. The molecule has 6 heteroatoms. The minimum Gasteiger partial charge on any atom is -0.480 e. The molecule has 3 rings (SSSR count). The number of imidazole rings is 1. The molecule has 3 aromatic rings. The van der Waals surface area contributed by atoms with Gasteiger partial charge in [-0.3, -0.25) is 0 Å². The predicted molar refractivity (Wildman–Crippen MR) is 79.3 cm³/mol. The van der Waals surface area contributed by atoms with Gasteiger partial charge in [-0.2, -0.15) is 0 Å². The van der Waals surface area contributed by atoms with Crippen LogP contribution in [0.5, 0.6) is 5.88 Å².